The van der Waals surface area contributed by atoms with E-state index in [0.717, 1.165) is 33.9 Å². The van der Waals surface area contributed by atoms with E-state index in [4.69, 9.17) is 14.5 Å². The fraction of sp³-hybridized carbons (Fsp3) is 0.229. The Kier molecular flexibility index (Phi) is 9.60. The molecule has 12 nitrogen and oxygen atoms in total. The first-order chi connectivity index (χ1) is 23.6. The van der Waals surface area contributed by atoms with E-state index < -0.39 is 22.5 Å². The quantitative estimate of drug-likeness (QED) is 0.0897. The number of H-pyrrole nitrogens is 1. The van der Waals surface area contributed by atoms with Gasteiger partial charge in [0.15, 0.2) is 9.96 Å². The average Bonchev–Trinajstić information content (AvgIpc) is 3.38. The number of carbonyl (C=O) groups is 1. The number of hydrogen-bond donors (Lipinski definition) is 1. The number of aromatic amines is 1. The molecule has 14 heteroatoms. The molecule has 1 aliphatic heterocycles. The number of non-ortho nitro benzene ring substituents is 1. The molecular weight excluding hydrogens is 667 g/mol. The highest BCUT2D eigenvalue weighted by molar-refractivity contribution is 7.99. The Hall–Kier alpha value is -5.34. The second-order valence-corrected chi connectivity index (χ2v) is 13.1. The standard InChI is InChI=1S/C35H31N5O7S2/c1-5-9-24-30(33(43)47-6-2)31(29-23-11-8-7-10-20(23)12-14-25(29)46-4)39-32(42)27(49-35(39)37-24)18-21-17-22(40(44)45)13-15-26(21)48-34-36-19(3)16-28(41)38-34/h7-8,10-18,31H,5-6,9H2,1-4H3,(H,36,38,41)/b27-18+/t31-/m1/s1. The van der Waals surface area contributed by atoms with Gasteiger partial charge in [0.2, 0.25) is 0 Å². The maximum atomic E-state index is 14.6. The van der Waals surface area contributed by atoms with Crippen molar-refractivity contribution in [1.29, 1.82) is 0 Å². The van der Waals surface area contributed by atoms with Gasteiger partial charge in [-0.05, 0) is 54.8 Å². The van der Waals surface area contributed by atoms with Crippen LogP contribution >= 0.6 is 23.1 Å². The molecule has 1 atom stereocenters. The third-order valence-corrected chi connectivity index (χ3v) is 9.82. The SMILES string of the molecule is CCCC1=C(C(=O)OCC)[C@@H](c2c(OC)ccc3ccccc23)n2c(s/c(=C/c3cc([N+](=O)[O-])ccc3Sc3nc(C)cc(=O)[nH]3)c2=O)=N1. The average molecular weight is 698 g/mol. The van der Waals surface area contributed by atoms with Gasteiger partial charge in [-0.2, -0.15) is 0 Å². The summed E-state index contributed by atoms with van der Waals surface area (Å²) >= 11 is 2.22. The summed E-state index contributed by atoms with van der Waals surface area (Å²) in [4.78, 5) is 64.6. The number of fused-ring (bicyclic) bond motifs is 2. The van der Waals surface area contributed by atoms with Crippen LogP contribution in [0.4, 0.5) is 5.69 Å². The minimum atomic E-state index is -0.944. The number of rotatable bonds is 10. The Bertz CT molecular complexity index is 2410. The number of aromatic nitrogens is 3. The molecule has 0 fully saturated rings. The highest BCUT2D eigenvalue weighted by Crippen LogP contribution is 2.41. The van der Waals surface area contributed by atoms with E-state index in [1.54, 1.807) is 26.0 Å². The molecule has 3 aromatic carbocycles. The molecule has 6 rings (SSSR count). The zero-order chi connectivity index (χ0) is 34.8. The number of thiazole rings is 1. The van der Waals surface area contributed by atoms with Gasteiger partial charge in [-0.1, -0.05) is 66.8 Å². The Morgan fingerprint density at radius 2 is 1.94 bits per heavy atom. The van der Waals surface area contributed by atoms with Gasteiger partial charge < -0.3 is 14.5 Å². The Labute approximate surface area is 287 Å². The largest absolute Gasteiger partial charge is 0.496 e. The predicted octanol–water partition coefficient (Wildman–Crippen LogP) is 5.19. The van der Waals surface area contributed by atoms with Crippen molar-refractivity contribution in [3.05, 3.63) is 129 Å². The molecule has 1 aliphatic rings. The molecule has 0 radical (unpaired) electrons. The third-order valence-electron chi connectivity index (χ3n) is 7.86. The topological polar surface area (TPSA) is 159 Å². The summed E-state index contributed by atoms with van der Waals surface area (Å²) in [5, 5.41) is 13.8. The van der Waals surface area contributed by atoms with Crippen molar-refractivity contribution in [2.45, 2.75) is 49.7 Å². The number of allylic oxidation sites excluding steroid dienone is 1. The fourth-order valence-corrected chi connectivity index (χ4v) is 7.76. The molecule has 0 bridgehead atoms. The minimum Gasteiger partial charge on any atom is -0.496 e. The number of nitrogens with zero attached hydrogens (tertiary/aromatic N) is 4. The summed E-state index contributed by atoms with van der Waals surface area (Å²) < 4.78 is 13.1. The first-order valence-electron chi connectivity index (χ1n) is 15.4. The van der Waals surface area contributed by atoms with Gasteiger partial charge >= 0.3 is 5.97 Å². The van der Waals surface area contributed by atoms with Crippen LogP contribution in [0.1, 0.15) is 49.6 Å². The zero-order valence-electron chi connectivity index (χ0n) is 27.0. The number of nitrogens with one attached hydrogen (secondary N) is 1. The van der Waals surface area contributed by atoms with Crippen molar-refractivity contribution in [2.75, 3.05) is 13.7 Å². The van der Waals surface area contributed by atoms with Crippen molar-refractivity contribution in [2.24, 2.45) is 4.99 Å². The monoisotopic (exact) mass is 697 g/mol. The van der Waals surface area contributed by atoms with Crippen LogP contribution in [-0.4, -0.2) is 39.1 Å². The molecule has 250 valence electrons. The number of hydrogen-bond acceptors (Lipinski definition) is 11. The molecule has 0 spiro atoms. The molecule has 0 saturated carbocycles. The highest BCUT2D eigenvalue weighted by atomic mass is 32.2. The smallest absolute Gasteiger partial charge is 0.338 e. The van der Waals surface area contributed by atoms with Gasteiger partial charge in [0.1, 0.15) is 11.8 Å². The molecule has 0 saturated heterocycles. The lowest BCUT2D eigenvalue weighted by atomic mass is 9.90. The second-order valence-electron chi connectivity index (χ2n) is 11.1. The van der Waals surface area contributed by atoms with Gasteiger partial charge in [-0.15, -0.1) is 0 Å². The number of nitro groups is 1. The van der Waals surface area contributed by atoms with Gasteiger partial charge in [-0.3, -0.25) is 24.3 Å². The Morgan fingerprint density at radius 3 is 2.65 bits per heavy atom. The lowest BCUT2D eigenvalue weighted by Crippen LogP contribution is -2.40. The van der Waals surface area contributed by atoms with E-state index in [-0.39, 0.29) is 28.0 Å². The first-order valence-corrected chi connectivity index (χ1v) is 17.1. The lowest BCUT2D eigenvalue weighted by Gasteiger charge is -2.28. The molecule has 1 N–H and O–H groups in total. The summed E-state index contributed by atoms with van der Waals surface area (Å²) in [5.74, 6) is -0.101. The molecule has 5 aromatic rings. The molecule has 3 heterocycles. The van der Waals surface area contributed by atoms with Crippen LogP contribution in [0.25, 0.3) is 16.8 Å². The van der Waals surface area contributed by atoms with Crippen LogP contribution in [0, 0.1) is 17.0 Å². The van der Waals surface area contributed by atoms with E-state index in [0.29, 0.717) is 56.0 Å². The maximum Gasteiger partial charge on any atom is 0.338 e. The Balaban J connectivity index is 1.64. The number of methoxy groups -OCH3 is 1. The van der Waals surface area contributed by atoms with E-state index in [9.17, 15) is 24.5 Å². The minimum absolute atomic E-state index is 0.125. The number of carbonyl (C=O) groups excluding carboxylic acids is 1. The summed E-state index contributed by atoms with van der Waals surface area (Å²) in [7, 11) is 1.54. The number of esters is 1. The van der Waals surface area contributed by atoms with E-state index in [1.165, 1.54) is 29.9 Å². The van der Waals surface area contributed by atoms with Gasteiger partial charge in [0.05, 0.1) is 34.4 Å². The number of nitro benzene ring substituents is 1. The van der Waals surface area contributed by atoms with E-state index in [2.05, 4.69) is 9.97 Å². The summed E-state index contributed by atoms with van der Waals surface area (Å²) in [6.45, 7) is 5.51. The van der Waals surface area contributed by atoms with Crippen LogP contribution in [0.5, 0.6) is 5.75 Å². The van der Waals surface area contributed by atoms with Gasteiger partial charge in [0.25, 0.3) is 16.8 Å². The normalized spacial score (nSPS) is 14.4. The van der Waals surface area contributed by atoms with Crippen LogP contribution in [0.3, 0.4) is 0 Å². The summed E-state index contributed by atoms with van der Waals surface area (Å²) in [6.07, 6.45) is 2.70. The fourth-order valence-electron chi connectivity index (χ4n) is 5.83. The number of ether oxygens (including phenoxy) is 2. The predicted molar refractivity (Wildman–Crippen MR) is 187 cm³/mol. The first kappa shape index (κ1) is 33.6. The van der Waals surface area contributed by atoms with Crippen molar-refractivity contribution in [3.8, 4) is 5.75 Å². The van der Waals surface area contributed by atoms with Crippen molar-refractivity contribution < 1.29 is 19.2 Å². The van der Waals surface area contributed by atoms with Crippen molar-refractivity contribution >= 4 is 51.6 Å². The zero-order valence-corrected chi connectivity index (χ0v) is 28.6. The Morgan fingerprint density at radius 1 is 1.14 bits per heavy atom. The van der Waals surface area contributed by atoms with Crippen LogP contribution in [0.15, 0.2) is 96.6 Å². The lowest BCUT2D eigenvalue weighted by molar-refractivity contribution is -0.384. The van der Waals surface area contributed by atoms with E-state index in [1.807, 2.05) is 43.3 Å². The summed E-state index contributed by atoms with van der Waals surface area (Å²) in [5.41, 5.74) is 1.27. The third kappa shape index (κ3) is 6.56. The van der Waals surface area contributed by atoms with Crippen molar-refractivity contribution in [1.82, 2.24) is 14.5 Å². The highest BCUT2D eigenvalue weighted by Gasteiger charge is 2.37. The van der Waals surface area contributed by atoms with Gasteiger partial charge in [0, 0.05) is 34.4 Å². The molecule has 0 amide bonds. The van der Waals surface area contributed by atoms with E-state index >= 15 is 0 Å². The number of aryl methyl sites for hydroxylation is 1. The number of benzene rings is 3. The molecule has 0 unspecified atom stereocenters. The maximum absolute atomic E-state index is 14.6. The van der Waals surface area contributed by atoms with Crippen LogP contribution in [0.2, 0.25) is 0 Å². The van der Waals surface area contributed by atoms with Gasteiger partial charge in [-0.25, -0.2) is 14.8 Å². The summed E-state index contributed by atoms with van der Waals surface area (Å²) in [6, 6.07) is 16.1. The van der Waals surface area contributed by atoms with Crippen LogP contribution < -0.4 is 25.2 Å². The second kappa shape index (κ2) is 14.0. The molecule has 0 aliphatic carbocycles. The molecule has 49 heavy (non-hydrogen) atoms. The molecule has 2 aromatic heterocycles. The van der Waals surface area contributed by atoms with Crippen LogP contribution in [-0.2, 0) is 9.53 Å². The molecular formula is C35H31N5O7S2. The van der Waals surface area contributed by atoms with Crippen molar-refractivity contribution in [3.63, 3.8) is 0 Å².